The van der Waals surface area contributed by atoms with Gasteiger partial charge in [0.25, 0.3) is 0 Å². The molecule has 0 saturated carbocycles. The number of anilines is 1. The summed E-state index contributed by atoms with van der Waals surface area (Å²) in [6.07, 6.45) is -0.187. The van der Waals surface area contributed by atoms with Gasteiger partial charge in [0.05, 0.1) is 34.7 Å². The highest BCUT2D eigenvalue weighted by Crippen LogP contribution is 2.28. The third kappa shape index (κ3) is 5.25. The number of rotatable bonds is 5. The number of aromatic nitrogens is 2. The molecule has 4 rings (SSSR count). The summed E-state index contributed by atoms with van der Waals surface area (Å²) >= 11 is 0. The van der Waals surface area contributed by atoms with Gasteiger partial charge in [0.1, 0.15) is 5.82 Å². The van der Waals surface area contributed by atoms with Gasteiger partial charge in [-0.3, -0.25) is 14.7 Å². The topological polar surface area (TPSA) is 90.9 Å². The molecule has 0 bridgehead atoms. The number of amides is 1. The van der Waals surface area contributed by atoms with Crippen molar-refractivity contribution in [3.8, 4) is 11.8 Å². The molecular weight excluding hydrogens is 419 g/mol. The Bertz CT molecular complexity index is 1290. The number of nitriles is 1. The summed E-state index contributed by atoms with van der Waals surface area (Å²) in [6.45, 7) is 5.57. The van der Waals surface area contributed by atoms with Crippen LogP contribution in [0.15, 0.2) is 72.8 Å². The summed E-state index contributed by atoms with van der Waals surface area (Å²) in [5.74, 6) is -0.617. The van der Waals surface area contributed by atoms with Crippen molar-refractivity contribution in [3.63, 3.8) is 0 Å². The maximum Gasteiger partial charge on any atom is 0.229 e. The highest BCUT2D eigenvalue weighted by atomic mass is 19.1. The zero-order chi connectivity index (χ0) is 24.0. The Morgan fingerprint density at radius 2 is 1.79 bits per heavy atom. The molecule has 1 heterocycles. The SMILES string of the molecule is CC.C[C@@](O)(CC(=O)Nc1nc2ccc(C#N)cc2n1-c1ccc(F)cc1)c1ccccc1. The molecule has 0 spiro atoms. The van der Waals surface area contributed by atoms with E-state index >= 15 is 0 Å². The molecule has 0 unspecified atom stereocenters. The fourth-order valence-corrected chi connectivity index (χ4v) is 3.46. The summed E-state index contributed by atoms with van der Waals surface area (Å²) in [7, 11) is 0. The lowest BCUT2D eigenvalue weighted by Crippen LogP contribution is -2.29. The molecule has 168 valence electrons. The lowest BCUT2D eigenvalue weighted by Gasteiger charge is -2.23. The fourth-order valence-electron chi connectivity index (χ4n) is 3.46. The lowest BCUT2D eigenvalue weighted by atomic mass is 9.92. The fraction of sp³-hybridized carbons (Fsp3) is 0.192. The van der Waals surface area contributed by atoms with Gasteiger partial charge in [0.15, 0.2) is 0 Å². The van der Waals surface area contributed by atoms with E-state index in [4.69, 9.17) is 0 Å². The van der Waals surface area contributed by atoms with Gasteiger partial charge in [-0.25, -0.2) is 9.37 Å². The number of nitrogens with zero attached hydrogens (tertiary/aromatic N) is 3. The molecule has 0 aliphatic heterocycles. The minimum atomic E-state index is -1.37. The van der Waals surface area contributed by atoms with Crippen molar-refractivity contribution in [1.29, 1.82) is 5.26 Å². The van der Waals surface area contributed by atoms with Gasteiger partial charge in [0.2, 0.25) is 11.9 Å². The van der Waals surface area contributed by atoms with E-state index < -0.39 is 17.3 Å². The van der Waals surface area contributed by atoms with E-state index in [-0.39, 0.29) is 12.4 Å². The van der Waals surface area contributed by atoms with Gasteiger partial charge < -0.3 is 5.11 Å². The van der Waals surface area contributed by atoms with Gasteiger partial charge in [-0.2, -0.15) is 5.26 Å². The zero-order valence-electron chi connectivity index (χ0n) is 18.7. The van der Waals surface area contributed by atoms with E-state index in [1.54, 1.807) is 66.1 Å². The van der Waals surface area contributed by atoms with Crippen LogP contribution >= 0.6 is 0 Å². The maximum atomic E-state index is 13.5. The monoisotopic (exact) mass is 444 g/mol. The van der Waals surface area contributed by atoms with Crippen LogP contribution in [0, 0.1) is 17.1 Å². The van der Waals surface area contributed by atoms with Gasteiger partial charge in [-0.05, 0) is 55.0 Å². The molecule has 0 radical (unpaired) electrons. The Morgan fingerprint density at radius 3 is 2.42 bits per heavy atom. The van der Waals surface area contributed by atoms with Crippen LogP contribution < -0.4 is 5.32 Å². The van der Waals surface area contributed by atoms with Gasteiger partial charge in [0, 0.05) is 5.69 Å². The molecule has 1 amide bonds. The zero-order valence-corrected chi connectivity index (χ0v) is 18.7. The van der Waals surface area contributed by atoms with E-state index in [9.17, 15) is 19.6 Å². The lowest BCUT2D eigenvalue weighted by molar-refractivity contribution is -0.120. The number of hydrogen-bond donors (Lipinski definition) is 2. The van der Waals surface area contributed by atoms with Crippen LogP contribution in [0.2, 0.25) is 0 Å². The van der Waals surface area contributed by atoms with Crippen LogP contribution in [0.5, 0.6) is 0 Å². The third-order valence-electron chi connectivity index (χ3n) is 5.02. The van der Waals surface area contributed by atoms with E-state index in [1.807, 2.05) is 19.9 Å². The molecule has 0 aliphatic carbocycles. The second kappa shape index (κ2) is 10.1. The number of fused-ring (bicyclic) bond motifs is 1. The summed E-state index contributed by atoms with van der Waals surface area (Å²) in [5.41, 5.74) is 1.41. The second-order valence-electron chi connectivity index (χ2n) is 7.43. The molecule has 1 aromatic heterocycles. The first kappa shape index (κ1) is 23.6. The van der Waals surface area contributed by atoms with Crippen molar-refractivity contribution in [2.24, 2.45) is 0 Å². The molecule has 7 heteroatoms. The summed E-state index contributed by atoms with van der Waals surface area (Å²) < 4.78 is 15.1. The number of carbonyl (C=O) groups excluding carboxylic acids is 1. The first-order valence-corrected chi connectivity index (χ1v) is 10.6. The number of imidazole rings is 1. The summed E-state index contributed by atoms with van der Waals surface area (Å²) in [6, 6.07) is 21.7. The van der Waals surface area contributed by atoms with Crippen LogP contribution in [0.25, 0.3) is 16.7 Å². The van der Waals surface area contributed by atoms with Gasteiger partial charge >= 0.3 is 0 Å². The van der Waals surface area contributed by atoms with Crippen LogP contribution in [-0.2, 0) is 10.4 Å². The van der Waals surface area contributed by atoms with E-state index in [0.717, 1.165) is 0 Å². The molecule has 0 saturated heterocycles. The predicted octanol–water partition coefficient (Wildman–Crippen LogP) is 5.30. The summed E-state index contributed by atoms with van der Waals surface area (Å²) in [4.78, 5) is 17.3. The maximum absolute atomic E-state index is 13.5. The first-order valence-electron chi connectivity index (χ1n) is 10.6. The van der Waals surface area contributed by atoms with Crippen molar-refractivity contribution in [1.82, 2.24) is 9.55 Å². The van der Waals surface area contributed by atoms with Crippen LogP contribution in [0.1, 0.15) is 38.3 Å². The van der Waals surface area contributed by atoms with Crippen LogP contribution in [0.3, 0.4) is 0 Å². The van der Waals surface area contributed by atoms with Gasteiger partial charge in [-0.15, -0.1) is 0 Å². The highest BCUT2D eigenvalue weighted by Gasteiger charge is 2.27. The van der Waals surface area contributed by atoms with Crippen molar-refractivity contribution < 1.29 is 14.3 Å². The molecular formula is C26H25FN4O2. The average Bonchev–Trinajstić information content (AvgIpc) is 3.17. The third-order valence-corrected chi connectivity index (χ3v) is 5.02. The normalized spacial score (nSPS) is 12.2. The quantitative estimate of drug-likeness (QED) is 0.437. The number of carbonyl (C=O) groups is 1. The Hall–Kier alpha value is -4.02. The Balaban J connectivity index is 0.00000149. The minimum Gasteiger partial charge on any atom is -0.385 e. The molecule has 0 aliphatic rings. The number of nitrogens with one attached hydrogen (secondary N) is 1. The standard InChI is InChI=1S/C24H19FN4O2.C2H6/c1-24(31,17-5-3-2-4-6-17)14-22(30)28-23-27-20-12-7-16(15-26)13-21(20)29(23)19-10-8-18(25)9-11-19;1-2/h2-13,31H,14H2,1H3,(H,27,28,30);1-2H3/t24-;/m1./s1. The van der Waals surface area contributed by atoms with Crippen molar-refractivity contribution in [3.05, 3.63) is 89.7 Å². The number of benzene rings is 3. The van der Waals surface area contributed by atoms with Gasteiger partial charge in [-0.1, -0.05) is 44.2 Å². The molecule has 33 heavy (non-hydrogen) atoms. The summed E-state index contributed by atoms with van der Waals surface area (Å²) in [5, 5.41) is 22.8. The van der Waals surface area contributed by atoms with E-state index in [2.05, 4.69) is 16.4 Å². The number of aliphatic hydroxyl groups is 1. The van der Waals surface area contributed by atoms with Crippen LogP contribution in [-0.4, -0.2) is 20.6 Å². The number of halogens is 1. The van der Waals surface area contributed by atoms with E-state index in [0.29, 0.717) is 27.8 Å². The molecule has 6 nitrogen and oxygen atoms in total. The average molecular weight is 445 g/mol. The Morgan fingerprint density at radius 1 is 1.12 bits per heavy atom. The van der Waals surface area contributed by atoms with Crippen molar-refractivity contribution >= 4 is 22.9 Å². The smallest absolute Gasteiger partial charge is 0.229 e. The van der Waals surface area contributed by atoms with E-state index in [1.165, 1.54) is 12.1 Å². The molecule has 2 N–H and O–H groups in total. The largest absolute Gasteiger partial charge is 0.385 e. The molecule has 3 aromatic carbocycles. The number of hydrogen-bond acceptors (Lipinski definition) is 4. The predicted molar refractivity (Wildman–Crippen MR) is 126 cm³/mol. The van der Waals surface area contributed by atoms with Crippen molar-refractivity contribution in [2.75, 3.05) is 5.32 Å². The second-order valence-corrected chi connectivity index (χ2v) is 7.43. The highest BCUT2D eigenvalue weighted by molar-refractivity contribution is 5.93. The van der Waals surface area contributed by atoms with Crippen molar-refractivity contribution in [2.45, 2.75) is 32.8 Å². The molecule has 0 fully saturated rings. The first-order chi connectivity index (χ1) is 15.9. The van der Waals surface area contributed by atoms with Crippen LogP contribution in [0.4, 0.5) is 10.3 Å². The molecule has 4 aromatic rings. The minimum absolute atomic E-state index is 0.187. The Kier molecular flexibility index (Phi) is 7.21. The Labute approximate surface area is 191 Å². The molecule has 1 atom stereocenters.